The lowest BCUT2D eigenvalue weighted by atomic mass is 10.2. The molecule has 7 heteroatoms. The maximum atomic E-state index is 5.69. The van der Waals surface area contributed by atoms with Crippen LogP contribution in [0.15, 0.2) is 27.6 Å². The van der Waals surface area contributed by atoms with E-state index in [0.29, 0.717) is 5.84 Å². The fraction of sp³-hybridized carbons (Fsp3) is 0.167. The predicted molar refractivity (Wildman–Crippen MR) is 43.5 cm³/mol. The molecule has 0 bridgehead atoms. The van der Waals surface area contributed by atoms with Crippen LogP contribution in [0.25, 0.3) is 5.57 Å². The molecule has 0 amide bonds. The van der Waals surface area contributed by atoms with Crippen molar-refractivity contribution in [3.8, 4) is 0 Å². The summed E-state index contributed by atoms with van der Waals surface area (Å²) in [5.74, 6) is 0.558. The van der Waals surface area contributed by atoms with Crippen molar-refractivity contribution in [3.05, 3.63) is 18.1 Å². The maximum Gasteiger partial charge on any atom is 0.198 e. The normalized spacial score (nSPS) is 23.6. The number of fused-ring (bicyclic) bond motifs is 3. The van der Waals surface area contributed by atoms with E-state index in [9.17, 15) is 0 Å². The van der Waals surface area contributed by atoms with Crippen LogP contribution < -0.4 is 5.73 Å². The topological polar surface area (TPSA) is 93.8 Å². The summed E-state index contributed by atoms with van der Waals surface area (Å²) < 4.78 is 1.53. The summed E-state index contributed by atoms with van der Waals surface area (Å²) in [7, 11) is 0. The van der Waals surface area contributed by atoms with Gasteiger partial charge in [0.25, 0.3) is 0 Å². The van der Waals surface area contributed by atoms with E-state index in [-0.39, 0.29) is 0 Å². The molecule has 2 aliphatic rings. The molecule has 13 heavy (non-hydrogen) atoms. The third kappa shape index (κ3) is 0.733. The fourth-order valence-corrected chi connectivity index (χ4v) is 1.34. The van der Waals surface area contributed by atoms with E-state index in [0.717, 1.165) is 11.3 Å². The molecule has 1 aromatic rings. The molecule has 1 unspecified atom stereocenters. The molecule has 0 spiro atoms. The van der Waals surface area contributed by atoms with Crippen LogP contribution in [0.2, 0.25) is 0 Å². The molecule has 3 heterocycles. The number of hydrogen-bond donors (Lipinski definition) is 1. The van der Waals surface area contributed by atoms with Crippen molar-refractivity contribution in [3.63, 3.8) is 0 Å². The predicted octanol–water partition coefficient (Wildman–Crippen LogP) is -0.0883. The number of aliphatic imine (C=N–C) groups is 1. The first-order valence-electron chi connectivity index (χ1n) is 3.71. The van der Waals surface area contributed by atoms with Gasteiger partial charge >= 0.3 is 0 Å². The highest BCUT2D eigenvalue weighted by atomic mass is 15.5. The Bertz CT molecular complexity index is 451. The van der Waals surface area contributed by atoms with Crippen molar-refractivity contribution in [1.29, 1.82) is 0 Å². The van der Waals surface area contributed by atoms with Crippen molar-refractivity contribution in [2.45, 2.75) is 6.29 Å². The lowest BCUT2D eigenvalue weighted by Gasteiger charge is -2.15. The van der Waals surface area contributed by atoms with Gasteiger partial charge in [-0.25, -0.2) is 9.67 Å². The Hall–Kier alpha value is -1.89. The highest BCUT2D eigenvalue weighted by Gasteiger charge is 2.26. The summed E-state index contributed by atoms with van der Waals surface area (Å²) in [6, 6.07) is 0. The van der Waals surface area contributed by atoms with Gasteiger partial charge in [0.05, 0.1) is 23.7 Å². The molecule has 2 aliphatic heterocycles. The van der Waals surface area contributed by atoms with Gasteiger partial charge < -0.3 is 0 Å². The second kappa shape index (κ2) is 2.07. The lowest BCUT2D eigenvalue weighted by molar-refractivity contribution is 0.466. The molecule has 2 N–H and O–H groups in total. The smallest absolute Gasteiger partial charge is 0.198 e. The van der Waals surface area contributed by atoms with Gasteiger partial charge in [-0.1, -0.05) is 5.21 Å². The summed E-state index contributed by atoms with van der Waals surface area (Å²) in [6.07, 6.45) is 2.71. The zero-order valence-electron chi connectivity index (χ0n) is 6.49. The van der Waals surface area contributed by atoms with Gasteiger partial charge in [0.15, 0.2) is 12.1 Å². The van der Waals surface area contributed by atoms with E-state index < -0.39 is 6.29 Å². The summed E-state index contributed by atoms with van der Waals surface area (Å²) in [6.45, 7) is 0. The molecule has 0 radical (unpaired) electrons. The molecule has 0 aromatic carbocycles. The molecule has 0 saturated heterocycles. The summed E-state index contributed by atoms with van der Waals surface area (Å²) in [4.78, 5) is 4.08. The van der Waals surface area contributed by atoms with Crippen LogP contribution in [0.5, 0.6) is 0 Å². The number of nitrogens with zero attached hydrogens (tertiary/aromatic N) is 6. The minimum atomic E-state index is -0.540. The molecule has 0 fully saturated rings. The number of nitrogens with two attached hydrogens (primary N) is 1. The van der Waals surface area contributed by atoms with Gasteiger partial charge in [0, 0.05) is 0 Å². The zero-order valence-corrected chi connectivity index (χ0v) is 6.49. The van der Waals surface area contributed by atoms with E-state index in [4.69, 9.17) is 5.73 Å². The Morgan fingerprint density at radius 3 is 3.31 bits per heavy atom. The average Bonchev–Trinajstić information content (AvgIpc) is 2.66. The van der Waals surface area contributed by atoms with Crippen LogP contribution in [0.3, 0.4) is 0 Å². The third-order valence-corrected chi connectivity index (χ3v) is 1.94. The first-order chi connectivity index (χ1) is 6.36. The van der Waals surface area contributed by atoms with Crippen LogP contribution in [-0.2, 0) is 0 Å². The lowest BCUT2D eigenvalue weighted by Crippen LogP contribution is -2.25. The maximum absolute atomic E-state index is 5.69. The van der Waals surface area contributed by atoms with Crippen LogP contribution in [0, 0.1) is 0 Å². The van der Waals surface area contributed by atoms with Gasteiger partial charge in [0.2, 0.25) is 0 Å². The average molecular weight is 175 g/mol. The zero-order chi connectivity index (χ0) is 8.84. The highest BCUT2D eigenvalue weighted by Crippen LogP contribution is 2.27. The fourth-order valence-electron chi connectivity index (χ4n) is 1.34. The number of rotatable bonds is 0. The summed E-state index contributed by atoms with van der Waals surface area (Å²) >= 11 is 0. The highest BCUT2D eigenvalue weighted by molar-refractivity contribution is 6.24. The van der Waals surface area contributed by atoms with E-state index in [1.54, 1.807) is 12.4 Å². The molecule has 0 aliphatic carbocycles. The van der Waals surface area contributed by atoms with Crippen molar-refractivity contribution in [2.75, 3.05) is 0 Å². The second-order valence-electron chi connectivity index (χ2n) is 2.69. The van der Waals surface area contributed by atoms with Crippen LogP contribution >= 0.6 is 0 Å². The molecule has 64 valence electrons. The van der Waals surface area contributed by atoms with Gasteiger partial charge in [0.1, 0.15) is 0 Å². The molecule has 0 saturated carbocycles. The largest absolute Gasteiger partial charge is 0.291 e. The Kier molecular flexibility index (Phi) is 1.05. The summed E-state index contributed by atoms with van der Waals surface area (Å²) in [5, 5.41) is 15.1. The molecule has 1 aromatic heterocycles. The number of hydrogen-bond acceptors (Lipinski definition) is 6. The Morgan fingerprint density at radius 2 is 2.38 bits per heavy atom. The van der Waals surface area contributed by atoms with E-state index in [1.807, 2.05) is 0 Å². The Labute approximate surface area is 72.7 Å². The first kappa shape index (κ1) is 6.61. The van der Waals surface area contributed by atoms with Crippen LogP contribution in [0.1, 0.15) is 12.0 Å². The van der Waals surface area contributed by atoms with Crippen LogP contribution in [0.4, 0.5) is 0 Å². The minimum absolute atomic E-state index is 0.540. The SMILES string of the molecule is NC1N=C2N=NC=C2c2cnnn21. The molecule has 1 atom stereocenters. The third-order valence-electron chi connectivity index (χ3n) is 1.94. The van der Waals surface area contributed by atoms with Crippen molar-refractivity contribution < 1.29 is 0 Å². The van der Waals surface area contributed by atoms with Crippen molar-refractivity contribution >= 4 is 11.4 Å². The van der Waals surface area contributed by atoms with Crippen LogP contribution in [-0.4, -0.2) is 20.8 Å². The summed E-state index contributed by atoms with van der Waals surface area (Å²) in [5.41, 5.74) is 7.32. The monoisotopic (exact) mass is 175 g/mol. The quantitative estimate of drug-likeness (QED) is 0.597. The molecular formula is C6H5N7. The Balaban J connectivity index is 2.27. The van der Waals surface area contributed by atoms with Crippen molar-refractivity contribution in [1.82, 2.24) is 15.0 Å². The van der Waals surface area contributed by atoms with Crippen molar-refractivity contribution in [2.24, 2.45) is 21.0 Å². The van der Waals surface area contributed by atoms with E-state index in [1.165, 1.54) is 4.68 Å². The van der Waals surface area contributed by atoms with Gasteiger partial charge in [-0.15, -0.1) is 10.2 Å². The molecule has 3 rings (SSSR count). The number of azo groups is 1. The van der Waals surface area contributed by atoms with E-state index >= 15 is 0 Å². The molecular weight excluding hydrogens is 170 g/mol. The minimum Gasteiger partial charge on any atom is -0.291 e. The Morgan fingerprint density at radius 1 is 1.46 bits per heavy atom. The van der Waals surface area contributed by atoms with Gasteiger partial charge in [-0.2, -0.15) is 5.11 Å². The number of amidine groups is 1. The number of aromatic nitrogens is 3. The standard InChI is InChI=1S/C6H5N7/c7-6-10-5-3(1-8-11-5)4-2-9-12-13(4)6/h1-2,6H,7H2. The van der Waals surface area contributed by atoms with Gasteiger partial charge in [-0.3, -0.25) is 5.73 Å². The molecule has 7 nitrogen and oxygen atoms in total. The first-order valence-corrected chi connectivity index (χ1v) is 3.71. The van der Waals surface area contributed by atoms with E-state index in [2.05, 4.69) is 25.5 Å². The second-order valence-corrected chi connectivity index (χ2v) is 2.69. The van der Waals surface area contributed by atoms with Gasteiger partial charge in [-0.05, 0) is 0 Å².